The molecule has 0 aromatic heterocycles. The molecule has 0 aliphatic carbocycles. The van der Waals surface area contributed by atoms with Crippen LogP contribution < -0.4 is 0 Å². The monoisotopic (exact) mass is 289 g/mol. The van der Waals surface area contributed by atoms with Crippen LogP contribution in [0.2, 0.25) is 5.02 Å². The van der Waals surface area contributed by atoms with Crippen molar-refractivity contribution in [1.29, 1.82) is 0 Å². The molecule has 1 aliphatic heterocycles. The summed E-state index contributed by atoms with van der Waals surface area (Å²) >= 11 is 5.97. The minimum Gasteiger partial charge on any atom is -0.392 e. The molecule has 0 amide bonds. The predicted octanol–water partition coefficient (Wildman–Crippen LogP) is 2.01. The summed E-state index contributed by atoms with van der Waals surface area (Å²) in [6.45, 7) is 0.893. The average Bonchev–Trinajstić information content (AvgIpc) is 2.40. The fraction of sp³-hybridized carbons (Fsp3) is 0.500. The van der Waals surface area contributed by atoms with Crippen molar-refractivity contribution >= 4 is 21.6 Å². The summed E-state index contributed by atoms with van der Waals surface area (Å²) in [6.07, 6.45) is 2.84. The number of aliphatic hydroxyl groups excluding tert-OH is 1. The summed E-state index contributed by atoms with van der Waals surface area (Å²) in [5, 5.41) is 9.28. The lowest BCUT2D eigenvalue weighted by Gasteiger charge is -2.26. The number of halogens is 1. The number of hydrogen-bond acceptors (Lipinski definition) is 3. The molecule has 0 radical (unpaired) electrons. The molecule has 0 bridgehead atoms. The second-order valence-corrected chi connectivity index (χ2v) is 6.70. The van der Waals surface area contributed by atoms with E-state index in [0.717, 1.165) is 19.3 Å². The Hall–Kier alpha value is -0.620. The van der Waals surface area contributed by atoms with Crippen molar-refractivity contribution in [2.75, 3.05) is 13.1 Å². The SMILES string of the molecule is O=S(=O)(c1cc(CO)ccc1Cl)N1CCCCC1. The van der Waals surface area contributed by atoms with E-state index >= 15 is 0 Å². The third kappa shape index (κ3) is 2.69. The summed E-state index contributed by atoms with van der Waals surface area (Å²) in [7, 11) is -3.54. The highest BCUT2D eigenvalue weighted by Gasteiger charge is 2.27. The van der Waals surface area contributed by atoms with Crippen LogP contribution in [0.15, 0.2) is 23.1 Å². The zero-order valence-electron chi connectivity index (χ0n) is 9.97. The smallest absolute Gasteiger partial charge is 0.244 e. The summed E-state index contributed by atoms with van der Waals surface area (Å²) in [5.74, 6) is 0. The molecule has 0 saturated carbocycles. The van der Waals surface area contributed by atoms with Crippen LogP contribution >= 0.6 is 11.6 Å². The van der Waals surface area contributed by atoms with Crippen molar-refractivity contribution in [1.82, 2.24) is 4.31 Å². The van der Waals surface area contributed by atoms with Crippen molar-refractivity contribution in [3.8, 4) is 0 Å². The highest BCUT2D eigenvalue weighted by atomic mass is 35.5. The lowest BCUT2D eigenvalue weighted by Crippen LogP contribution is -2.35. The van der Waals surface area contributed by atoms with Gasteiger partial charge in [-0.15, -0.1) is 0 Å². The Morgan fingerprint density at radius 3 is 2.50 bits per heavy atom. The Kier molecular flexibility index (Phi) is 4.27. The van der Waals surface area contributed by atoms with Gasteiger partial charge in [0.25, 0.3) is 0 Å². The van der Waals surface area contributed by atoms with Gasteiger partial charge in [-0.3, -0.25) is 0 Å². The number of piperidine rings is 1. The van der Waals surface area contributed by atoms with E-state index in [-0.39, 0.29) is 16.5 Å². The van der Waals surface area contributed by atoms with Crippen molar-refractivity contribution in [3.63, 3.8) is 0 Å². The lowest BCUT2D eigenvalue weighted by atomic mass is 10.2. The van der Waals surface area contributed by atoms with Crippen LogP contribution in [0.1, 0.15) is 24.8 Å². The van der Waals surface area contributed by atoms with Gasteiger partial charge in [-0.05, 0) is 30.5 Å². The number of hydrogen-bond donors (Lipinski definition) is 1. The molecule has 100 valence electrons. The average molecular weight is 290 g/mol. The summed E-state index contributed by atoms with van der Waals surface area (Å²) in [4.78, 5) is 0.0950. The van der Waals surface area contributed by atoms with E-state index in [4.69, 9.17) is 16.7 Å². The molecule has 1 aliphatic rings. The zero-order valence-corrected chi connectivity index (χ0v) is 11.5. The van der Waals surface area contributed by atoms with E-state index in [9.17, 15) is 8.42 Å². The van der Waals surface area contributed by atoms with E-state index in [1.165, 1.54) is 16.4 Å². The van der Waals surface area contributed by atoms with Gasteiger partial charge in [0, 0.05) is 13.1 Å². The first-order valence-corrected chi connectivity index (χ1v) is 7.77. The van der Waals surface area contributed by atoms with Crippen LogP contribution in [0.5, 0.6) is 0 Å². The number of nitrogens with zero attached hydrogens (tertiary/aromatic N) is 1. The standard InChI is InChI=1S/C12H16ClNO3S/c13-11-5-4-10(9-15)8-12(11)18(16,17)14-6-2-1-3-7-14/h4-5,8,15H,1-3,6-7,9H2. The van der Waals surface area contributed by atoms with E-state index in [1.54, 1.807) is 6.07 Å². The first kappa shape index (κ1) is 13.8. The van der Waals surface area contributed by atoms with Gasteiger partial charge >= 0.3 is 0 Å². The van der Waals surface area contributed by atoms with Gasteiger partial charge < -0.3 is 5.11 Å². The van der Waals surface area contributed by atoms with Gasteiger partial charge in [0.1, 0.15) is 4.90 Å². The number of benzene rings is 1. The Morgan fingerprint density at radius 1 is 1.22 bits per heavy atom. The Labute approximate surface area is 112 Å². The maximum absolute atomic E-state index is 12.4. The molecule has 6 heteroatoms. The fourth-order valence-corrected chi connectivity index (χ4v) is 4.13. The molecule has 4 nitrogen and oxygen atoms in total. The Balaban J connectivity index is 2.39. The van der Waals surface area contributed by atoms with Gasteiger partial charge in [-0.1, -0.05) is 24.1 Å². The molecule has 0 spiro atoms. The van der Waals surface area contributed by atoms with E-state index in [0.29, 0.717) is 18.7 Å². The van der Waals surface area contributed by atoms with Crippen LogP contribution in [-0.4, -0.2) is 30.9 Å². The first-order valence-electron chi connectivity index (χ1n) is 5.95. The normalized spacial score (nSPS) is 17.9. The highest BCUT2D eigenvalue weighted by molar-refractivity contribution is 7.89. The summed E-state index contributed by atoms with van der Waals surface area (Å²) in [6, 6.07) is 4.59. The molecular weight excluding hydrogens is 274 g/mol. The van der Waals surface area contributed by atoms with E-state index in [2.05, 4.69) is 0 Å². The maximum Gasteiger partial charge on any atom is 0.244 e. The van der Waals surface area contributed by atoms with Gasteiger partial charge in [-0.2, -0.15) is 4.31 Å². The van der Waals surface area contributed by atoms with Crippen LogP contribution in [0.25, 0.3) is 0 Å². The summed E-state index contributed by atoms with van der Waals surface area (Å²) < 4.78 is 26.3. The molecule has 1 N–H and O–H groups in total. The van der Waals surface area contributed by atoms with E-state index in [1.807, 2.05) is 0 Å². The maximum atomic E-state index is 12.4. The Morgan fingerprint density at radius 2 is 1.89 bits per heavy atom. The van der Waals surface area contributed by atoms with Crippen LogP contribution in [0.4, 0.5) is 0 Å². The fourth-order valence-electron chi connectivity index (χ4n) is 2.09. The van der Waals surface area contributed by atoms with Gasteiger partial charge in [0.05, 0.1) is 11.6 Å². The molecule has 18 heavy (non-hydrogen) atoms. The number of rotatable bonds is 3. The molecule has 0 unspecified atom stereocenters. The second kappa shape index (κ2) is 5.57. The molecule has 1 heterocycles. The molecule has 1 aromatic rings. The van der Waals surface area contributed by atoms with Crippen molar-refractivity contribution in [2.45, 2.75) is 30.8 Å². The highest BCUT2D eigenvalue weighted by Crippen LogP contribution is 2.27. The van der Waals surface area contributed by atoms with E-state index < -0.39 is 10.0 Å². The van der Waals surface area contributed by atoms with Crippen molar-refractivity contribution in [3.05, 3.63) is 28.8 Å². The van der Waals surface area contributed by atoms with Gasteiger partial charge in [0.2, 0.25) is 10.0 Å². The molecule has 1 saturated heterocycles. The molecule has 0 atom stereocenters. The largest absolute Gasteiger partial charge is 0.392 e. The lowest BCUT2D eigenvalue weighted by molar-refractivity contribution is 0.281. The topological polar surface area (TPSA) is 57.6 Å². The second-order valence-electron chi connectivity index (χ2n) is 4.39. The number of aliphatic hydroxyl groups is 1. The van der Waals surface area contributed by atoms with Crippen LogP contribution in [0.3, 0.4) is 0 Å². The van der Waals surface area contributed by atoms with Gasteiger partial charge in [0.15, 0.2) is 0 Å². The molecule has 1 fully saturated rings. The zero-order chi connectivity index (χ0) is 13.2. The Bertz CT molecular complexity index is 524. The molecule has 2 rings (SSSR count). The van der Waals surface area contributed by atoms with Crippen LogP contribution in [0, 0.1) is 0 Å². The molecule has 1 aromatic carbocycles. The van der Waals surface area contributed by atoms with Crippen molar-refractivity contribution in [2.24, 2.45) is 0 Å². The number of sulfonamides is 1. The summed E-state index contributed by atoms with van der Waals surface area (Å²) in [5.41, 5.74) is 0.551. The predicted molar refractivity (Wildman–Crippen MR) is 70.0 cm³/mol. The first-order chi connectivity index (χ1) is 8.55. The third-order valence-corrected chi connectivity index (χ3v) is 5.49. The molecular formula is C12H16ClNO3S. The quantitative estimate of drug-likeness (QED) is 0.926. The minimum absolute atomic E-state index is 0.0950. The minimum atomic E-state index is -3.54. The van der Waals surface area contributed by atoms with Crippen molar-refractivity contribution < 1.29 is 13.5 Å². The third-order valence-electron chi connectivity index (χ3n) is 3.11. The van der Waals surface area contributed by atoms with Crippen LogP contribution in [-0.2, 0) is 16.6 Å². The van der Waals surface area contributed by atoms with Gasteiger partial charge in [-0.25, -0.2) is 8.42 Å².